The second-order valence-electron chi connectivity index (χ2n) is 10.1. The molecule has 0 aliphatic rings. The molecule has 0 radical (unpaired) electrons. The molecule has 1 aromatic carbocycles. The zero-order chi connectivity index (χ0) is 27.3. The van der Waals surface area contributed by atoms with Gasteiger partial charge in [0.25, 0.3) is 0 Å². The number of hydrogen-bond donors (Lipinski definition) is 1. The number of ether oxygens (including phenoxy) is 2. The minimum absolute atomic E-state index is 0.0383. The molecule has 0 amide bonds. The van der Waals surface area contributed by atoms with E-state index in [-0.39, 0.29) is 24.1 Å². The van der Waals surface area contributed by atoms with Crippen molar-refractivity contribution in [1.82, 2.24) is 19.9 Å². The number of likely N-dealkylation sites (N-methyl/N-ethyl adjacent to an activating group) is 1. The van der Waals surface area contributed by atoms with Gasteiger partial charge in [0.1, 0.15) is 29.9 Å². The van der Waals surface area contributed by atoms with Crippen molar-refractivity contribution in [2.75, 3.05) is 27.2 Å². The van der Waals surface area contributed by atoms with Gasteiger partial charge in [-0.05, 0) is 40.4 Å². The normalized spacial score (nSPS) is 12.7. The first-order chi connectivity index (χ1) is 18.1. The lowest BCUT2D eigenvalue weighted by molar-refractivity contribution is 0.00628. The molecule has 3 aromatic heterocycles. The standard InChI is InChI=1S/C27H33N5O6/c1-27(2,3)38-26(33)20-16-35-24(30-20)19-15-36-25(29-19)22-21(11-12-32(4)5)37-23(31-22)18(28)14-34-13-17-9-7-6-8-10-17/h6-10,15-16,18H,11-14,28H2,1-5H3. The fraction of sp³-hybridized carbons (Fsp3) is 0.407. The lowest BCUT2D eigenvalue weighted by Crippen LogP contribution is -2.24. The molecule has 0 fully saturated rings. The molecule has 0 spiro atoms. The minimum Gasteiger partial charge on any atom is -0.455 e. The average Bonchev–Trinajstić information content (AvgIpc) is 3.61. The summed E-state index contributed by atoms with van der Waals surface area (Å²) >= 11 is 0. The van der Waals surface area contributed by atoms with Crippen LogP contribution in [0.25, 0.3) is 23.2 Å². The van der Waals surface area contributed by atoms with Gasteiger partial charge in [-0.15, -0.1) is 0 Å². The minimum atomic E-state index is -0.654. The maximum atomic E-state index is 12.3. The molecule has 2 N–H and O–H groups in total. The lowest BCUT2D eigenvalue weighted by Gasteiger charge is -2.18. The summed E-state index contributed by atoms with van der Waals surface area (Å²) in [7, 11) is 3.93. The zero-order valence-electron chi connectivity index (χ0n) is 22.3. The summed E-state index contributed by atoms with van der Waals surface area (Å²) in [5, 5.41) is 0. The molecule has 11 nitrogen and oxygen atoms in total. The number of esters is 1. The van der Waals surface area contributed by atoms with E-state index in [2.05, 4.69) is 15.0 Å². The molecule has 4 aromatic rings. The Morgan fingerprint density at radius 2 is 1.79 bits per heavy atom. The van der Waals surface area contributed by atoms with Crippen LogP contribution in [0.5, 0.6) is 0 Å². The molecule has 4 rings (SSSR count). The fourth-order valence-electron chi connectivity index (χ4n) is 3.44. The Balaban J connectivity index is 1.51. The van der Waals surface area contributed by atoms with Gasteiger partial charge in [0.15, 0.2) is 17.1 Å². The number of rotatable bonds is 11. The number of nitrogens with zero attached hydrogens (tertiary/aromatic N) is 4. The maximum absolute atomic E-state index is 12.3. The number of hydrogen-bond acceptors (Lipinski definition) is 11. The van der Waals surface area contributed by atoms with Gasteiger partial charge in [-0.3, -0.25) is 0 Å². The molecule has 11 heteroatoms. The summed E-state index contributed by atoms with van der Waals surface area (Å²) in [4.78, 5) is 27.6. The summed E-state index contributed by atoms with van der Waals surface area (Å²) in [6.07, 6.45) is 3.17. The Hall–Kier alpha value is -3.80. The van der Waals surface area contributed by atoms with Crippen molar-refractivity contribution in [2.45, 2.75) is 45.4 Å². The van der Waals surface area contributed by atoms with E-state index < -0.39 is 17.6 Å². The summed E-state index contributed by atoms with van der Waals surface area (Å²) < 4.78 is 28.3. The number of nitrogens with two attached hydrogens (primary N) is 1. The second kappa shape index (κ2) is 11.7. The van der Waals surface area contributed by atoms with Crippen LogP contribution < -0.4 is 5.73 Å². The predicted octanol–water partition coefficient (Wildman–Crippen LogP) is 4.26. The van der Waals surface area contributed by atoms with Crippen molar-refractivity contribution >= 4 is 5.97 Å². The number of oxazole rings is 3. The van der Waals surface area contributed by atoms with E-state index in [0.29, 0.717) is 42.6 Å². The van der Waals surface area contributed by atoms with E-state index in [0.717, 1.165) is 5.56 Å². The quantitative estimate of drug-likeness (QED) is 0.282. The molecule has 0 saturated carbocycles. The first-order valence-corrected chi connectivity index (χ1v) is 12.3. The number of aromatic nitrogens is 3. The smallest absolute Gasteiger partial charge is 0.360 e. The topological polar surface area (TPSA) is 143 Å². The first kappa shape index (κ1) is 27.2. The summed E-state index contributed by atoms with van der Waals surface area (Å²) in [6, 6.07) is 9.25. The van der Waals surface area contributed by atoms with Crippen LogP contribution >= 0.6 is 0 Å². The Morgan fingerprint density at radius 1 is 1.05 bits per heavy atom. The van der Waals surface area contributed by atoms with Crippen molar-refractivity contribution in [3.8, 4) is 23.2 Å². The first-order valence-electron chi connectivity index (χ1n) is 12.3. The highest BCUT2D eigenvalue weighted by Gasteiger charge is 2.26. The van der Waals surface area contributed by atoms with Crippen molar-refractivity contribution in [3.05, 3.63) is 65.8 Å². The van der Waals surface area contributed by atoms with Crippen molar-refractivity contribution < 1.29 is 27.5 Å². The van der Waals surface area contributed by atoms with E-state index in [1.165, 1.54) is 12.5 Å². The van der Waals surface area contributed by atoms with Crippen LogP contribution in [-0.4, -0.2) is 58.7 Å². The molecule has 0 aliphatic carbocycles. The third kappa shape index (κ3) is 7.15. The SMILES string of the molecule is CN(C)CCc1oc(C(N)COCc2ccccc2)nc1-c1nc(-c2nc(C(=O)OC(C)(C)C)co2)co1. The van der Waals surface area contributed by atoms with Crippen LogP contribution in [0.2, 0.25) is 0 Å². The third-order valence-electron chi connectivity index (χ3n) is 5.26. The Bertz CT molecular complexity index is 1340. The van der Waals surface area contributed by atoms with Gasteiger partial charge < -0.3 is 33.4 Å². The second-order valence-corrected chi connectivity index (χ2v) is 10.1. The van der Waals surface area contributed by atoms with Crippen LogP contribution in [0, 0.1) is 0 Å². The summed E-state index contributed by atoms with van der Waals surface area (Å²) in [5.74, 6) is 0.655. The van der Waals surface area contributed by atoms with Gasteiger partial charge in [-0.1, -0.05) is 30.3 Å². The van der Waals surface area contributed by atoms with E-state index >= 15 is 0 Å². The molecule has 0 saturated heterocycles. The average molecular weight is 524 g/mol. The highest BCUT2D eigenvalue weighted by Crippen LogP contribution is 2.29. The molecule has 0 bridgehead atoms. The number of benzene rings is 1. The van der Waals surface area contributed by atoms with Crippen LogP contribution in [0.4, 0.5) is 0 Å². The third-order valence-corrected chi connectivity index (χ3v) is 5.26. The van der Waals surface area contributed by atoms with E-state index in [4.69, 9.17) is 28.5 Å². The zero-order valence-corrected chi connectivity index (χ0v) is 22.3. The van der Waals surface area contributed by atoms with Gasteiger partial charge in [0.2, 0.25) is 17.7 Å². The Morgan fingerprint density at radius 3 is 2.50 bits per heavy atom. The van der Waals surface area contributed by atoms with Crippen molar-refractivity contribution in [2.24, 2.45) is 5.73 Å². The molecule has 1 atom stereocenters. The monoisotopic (exact) mass is 523 g/mol. The maximum Gasteiger partial charge on any atom is 0.360 e. The Kier molecular flexibility index (Phi) is 8.40. The van der Waals surface area contributed by atoms with Crippen LogP contribution in [-0.2, 0) is 22.5 Å². The molecule has 38 heavy (non-hydrogen) atoms. The molecular weight excluding hydrogens is 490 g/mol. The van der Waals surface area contributed by atoms with Gasteiger partial charge >= 0.3 is 5.97 Å². The van der Waals surface area contributed by atoms with Crippen LogP contribution in [0.3, 0.4) is 0 Å². The molecule has 0 aliphatic heterocycles. The van der Waals surface area contributed by atoms with E-state index in [1.54, 1.807) is 20.8 Å². The summed E-state index contributed by atoms with van der Waals surface area (Å²) in [6.45, 7) is 6.70. The van der Waals surface area contributed by atoms with E-state index in [9.17, 15) is 4.79 Å². The lowest BCUT2D eigenvalue weighted by atomic mass is 10.2. The van der Waals surface area contributed by atoms with Crippen molar-refractivity contribution in [3.63, 3.8) is 0 Å². The predicted molar refractivity (Wildman–Crippen MR) is 138 cm³/mol. The van der Waals surface area contributed by atoms with Gasteiger partial charge in [-0.2, -0.15) is 0 Å². The van der Waals surface area contributed by atoms with Crippen molar-refractivity contribution in [1.29, 1.82) is 0 Å². The van der Waals surface area contributed by atoms with Crippen LogP contribution in [0.1, 0.15) is 54.5 Å². The van der Waals surface area contributed by atoms with Gasteiger partial charge in [0, 0.05) is 13.0 Å². The molecule has 202 valence electrons. The highest BCUT2D eigenvalue weighted by atomic mass is 16.6. The largest absolute Gasteiger partial charge is 0.455 e. The Labute approximate surface area is 221 Å². The highest BCUT2D eigenvalue weighted by molar-refractivity contribution is 5.87. The number of carbonyl (C=O) groups excluding carboxylic acids is 1. The van der Waals surface area contributed by atoms with Crippen LogP contribution in [0.15, 0.2) is 56.1 Å². The molecule has 1 unspecified atom stereocenters. The van der Waals surface area contributed by atoms with E-state index in [1.807, 2.05) is 49.3 Å². The fourth-order valence-corrected chi connectivity index (χ4v) is 3.44. The summed E-state index contributed by atoms with van der Waals surface area (Å²) in [5.41, 5.74) is 7.50. The molecular formula is C27H33N5O6. The van der Waals surface area contributed by atoms with Gasteiger partial charge in [0.05, 0.1) is 13.2 Å². The molecule has 3 heterocycles. The van der Waals surface area contributed by atoms with Gasteiger partial charge in [-0.25, -0.2) is 19.7 Å². The number of carbonyl (C=O) groups is 1.